The van der Waals surface area contributed by atoms with Crippen LogP contribution < -0.4 is 26.0 Å². The average Bonchev–Trinajstić information content (AvgIpc) is 3.71. The van der Waals surface area contributed by atoms with Crippen molar-refractivity contribution in [2.24, 2.45) is 0 Å². The van der Waals surface area contributed by atoms with Gasteiger partial charge in [0, 0.05) is 25.0 Å². The van der Waals surface area contributed by atoms with Crippen molar-refractivity contribution in [2.45, 2.75) is 70.7 Å². The van der Waals surface area contributed by atoms with E-state index in [0.717, 1.165) is 50.2 Å². The van der Waals surface area contributed by atoms with Gasteiger partial charge in [-0.25, -0.2) is 13.4 Å². The summed E-state index contributed by atoms with van der Waals surface area (Å²) in [5, 5.41) is 19.7. The fourth-order valence-electron chi connectivity index (χ4n) is 4.41. The summed E-state index contributed by atoms with van der Waals surface area (Å²) in [5.74, 6) is 2.05. The SMILES string of the molecule is CN/C=C(/Nc1nc(Nc2cc(C)c(C3CCNCC3)cc2OC2CC2)ncc1C)C(=N)S(=O)(=O)C(C)C. The summed E-state index contributed by atoms with van der Waals surface area (Å²) in [6, 6.07) is 4.27. The quantitative estimate of drug-likeness (QED) is 0.222. The lowest BCUT2D eigenvalue weighted by molar-refractivity contribution is 0.304. The summed E-state index contributed by atoms with van der Waals surface area (Å²) in [6.07, 6.45) is 7.66. The van der Waals surface area contributed by atoms with Crippen LogP contribution in [0.3, 0.4) is 0 Å². The molecule has 2 heterocycles. The largest absolute Gasteiger partial charge is 0.488 e. The number of benzene rings is 1. The van der Waals surface area contributed by atoms with Gasteiger partial charge in [0.15, 0.2) is 14.9 Å². The predicted molar refractivity (Wildman–Crippen MR) is 152 cm³/mol. The molecule has 5 N–H and O–H groups in total. The first kappa shape index (κ1) is 27.8. The zero-order valence-electron chi connectivity index (χ0n) is 22.8. The number of aromatic nitrogens is 2. The number of aryl methyl sites for hydroxylation is 2. The summed E-state index contributed by atoms with van der Waals surface area (Å²) < 4.78 is 31.6. The zero-order valence-corrected chi connectivity index (χ0v) is 23.6. The third-order valence-electron chi connectivity index (χ3n) is 6.87. The number of anilines is 3. The van der Waals surface area contributed by atoms with Gasteiger partial charge in [-0.15, -0.1) is 0 Å². The lowest BCUT2D eigenvalue weighted by Gasteiger charge is -2.26. The number of rotatable bonds is 10. The minimum absolute atomic E-state index is 0.105. The summed E-state index contributed by atoms with van der Waals surface area (Å²) in [4.78, 5) is 9.07. The molecule has 1 aliphatic carbocycles. The van der Waals surface area contributed by atoms with Gasteiger partial charge in [-0.2, -0.15) is 4.98 Å². The molecule has 1 saturated heterocycles. The molecule has 2 aliphatic rings. The number of nitrogens with one attached hydrogen (secondary N) is 5. The molecule has 4 rings (SSSR count). The molecule has 1 aliphatic heterocycles. The molecule has 0 atom stereocenters. The van der Waals surface area contributed by atoms with Crippen LogP contribution >= 0.6 is 0 Å². The van der Waals surface area contributed by atoms with Crippen LogP contribution in [-0.4, -0.2) is 54.9 Å². The third kappa shape index (κ3) is 6.44. The Kier molecular flexibility index (Phi) is 8.57. The van der Waals surface area contributed by atoms with E-state index in [1.54, 1.807) is 27.1 Å². The van der Waals surface area contributed by atoms with Crippen LogP contribution in [0, 0.1) is 19.3 Å². The summed E-state index contributed by atoms with van der Waals surface area (Å²) in [7, 11) is -2.14. The summed E-state index contributed by atoms with van der Waals surface area (Å²) >= 11 is 0. The van der Waals surface area contributed by atoms with E-state index in [2.05, 4.69) is 50.3 Å². The fraction of sp³-hybridized carbons (Fsp3) is 0.519. The van der Waals surface area contributed by atoms with Gasteiger partial charge in [-0.1, -0.05) is 0 Å². The van der Waals surface area contributed by atoms with Crippen molar-refractivity contribution in [2.75, 3.05) is 30.8 Å². The molecule has 0 radical (unpaired) electrons. The van der Waals surface area contributed by atoms with E-state index in [0.29, 0.717) is 23.2 Å². The molecule has 38 heavy (non-hydrogen) atoms. The van der Waals surface area contributed by atoms with Gasteiger partial charge >= 0.3 is 0 Å². The van der Waals surface area contributed by atoms with E-state index in [4.69, 9.17) is 10.1 Å². The minimum Gasteiger partial charge on any atom is -0.488 e. The highest BCUT2D eigenvalue weighted by Crippen LogP contribution is 2.39. The predicted octanol–water partition coefficient (Wildman–Crippen LogP) is 4.12. The first-order chi connectivity index (χ1) is 18.1. The maximum Gasteiger partial charge on any atom is 0.229 e. The highest BCUT2D eigenvalue weighted by molar-refractivity contribution is 8.07. The second-order valence-corrected chi connectivity index (χ2v) is 12.7. The lowest BCUT2D eigenvalue weighted by atomic mass is 9.87. The molecule has 0 spiro atoms. The van der Waals surface area contributed by atoms with E-state index >= 15 is 0 Å². The second-order valence-electron chi connectivity index (χ2n) is 10.3. The van der Waals surface area contributed by atoms with Crippen molar-refractivity contribution < 1.29 is 13.2 Å². The molecular weight excluding hydrogens is 502 g/mol. The molecule has 0 unspecified atom stereocenters. The van der Waals surface area contributed by atoms with Crippen molar-refractivity contribution in [1.82, 2.24) is 20.6 Å². The molecule has 1 saturated carbocycles. The van der Waals surface area contributed by atoms with Crippen molar-refractivity contribution in [1.29, 1.82) is 5.41 Å². The normalized spacial score (nSPS) is 16.8. The Morgan fingerprint density at radius 1 is 1.16 bits per heavy atom. The molecule has 206 valence electrons. The number of nitrogens with zero attached hydrogens (tertiary/aromatic N) is 2. The summed E-state index contributed by atoms with van der Waals surface area (Å²) in [6.45, 7) is 9.11. The Hall–Kier alpha value is -3.18. The van der Waals surface area contributed by atoms with Crippen LogP contribution in [0.15, 0.2) is 30.2 Å². The van der Waals surface area contributed by atoms with Crippen LogP contribution in [0.5, 0.6) is 5.75 Å². The fourth-order valence-corrected chi connectivity index (χ4v) is 5.29. The van der Waals surface area contributed by atoms with Gasteiger partial charge in [0.1, 0.15) is 11.6 Å². The molecule has 1 aromatic heterocycles. The highest BCUT2D eigenvalue weighted by atomic mass is 32.2. The molecule has 2 fully saturated rings. The standard InChI is InChI=1S/C27H39N7O3S/c1-16(2)38(35,36)25(28)23(15-29-5)32-26-18(4)14-31-27(34-26)33-22-12-17(3)21(19-8-10-30-11-9-19)13-24(22)37-20-6-7-20/h12-16,19-20,28-30H,6-11H2,1-5H3,(H2,31,32,33,34)/b23-15+,28-25?. The van der Waals surface area contributed by atoms with Crippen molar-refractivity contribution in [3.05, 3.63) is 46.9 Å². The maximum absolute atomic E-state index is 12.6. The maximum atomic E-state index is 12.6. The van der Waals surface area contributed by atoms with E-state index in [9.17, 15) is 8.42 Å². The van der Waals surface area contributed by atoms with E-state index in [-0.39, 0.29) is 11.8 Å². The molecule has 0 bridgehead atoms. The Morgan fingerprint density at radius 3 is 2.50 bits per heavy atom. The molecule has 2 aromatic rings. The summed E-state index contributed by atoms with van der Waals surface area (Å²) in [5.41, 5.74) is 4.13. The van der Waals surface area contributed by atoms with Crippen molar-refractivity contribution in [3.63, 3.8) is 0 Å². The Balaban J connectivity index is 1.62. The number of ether oxygens (including phenoxy) is 1. The number of hydrogen-bond acceptors (Lipinski definition) is 10. The van der Waals surface area contributed by atoms with Crippen LogP contribution in [-0.2, 0) is 9.84 Å². The monoisotopic (exact) mass is 541 g/mol. The number of piperidine rings is 1. The van der Waals surface area contributed by atoms with Crippen molar-refractivity contribution >= 4 is 32.3 Å². The topological polar surface area (TPSA) is 141 Å². The molecule has 10 nitrogen and oxygen atoms in total. The van der Waals surface area contributed by atoms with Crippen LogP contribution in [0.25, 0.3) is 0 Å². The molecule has 0 amide bonds. The van der Waals surface area contributed by atoms with Crippen LogP contribution in [0.4, 0.5) is 17.5 Å². The Labute approximate surface area is 225 Å². The Morgan fingerprint density at radius 2 is 1.87 bits per heavy atom. The number of hydrogen-bond donors (Lipinski definition) is 5. The van der Waals surface area contributed by atoms with Gasteiger partial charge in [0.2, 0.25) is 5.95 Å². The van der Waals surface area contributed by atoms with Gasteiger partial charge in [0.05, 0.1) is 22.7 Å². The molecular formula is C27H39N7O3S. The van der Waals surface area contributed by atoms with Gasteiger partial charge in [0.25, 0.3) is 0 Å². The van der Waals surface area contributed by atoms with E-state index < -0.39 is 20.1 Å². The van der Waals surface area contributed by atoms with Crippen LogP contribution in [0.1, 0.15) is 62.1 Å². The number of sulfone groups is 1. The average molecular weight is 542 g/mol. The van der Waals surface area contributed by atoms with Crippen molar-refractivity contribution in [3.8, 4) is 5.75 Å². The Bertz CT molecular complexity index is 1310. The van der Waals surface area contributed by atoms with Gasteiger partial charge < -0.3 is 26.0 Å². The van der Waals surface area contributed by atoms with Gasteiger partial charge in [-0.05, 0) is 95.6 Å². The first-order valence-electron chi connectivity index (χ1n) is 13.2. The second kappa shape index (κ2) is 11.7. The lowest BCUT2D eigenvalue weighted by Crippen LogP contribution is -2.28. The smallest absolute Gasteiger partial charge is 0.229 e. The molecule has 11 heteroatoms. The van der Waals surface area contributed by atoms with E-state index in [1.165, 1.54) is 17.3 Å². The van der Waals surface area contributed by atoms with Gasteiger partial charge in [-0.3, -0.25) is 5.41 Å². The minimum atomic E-state index is -3.79. The first-order valence-corrected chi connectivity index (χ1v) is 14.7. The third-order valence-corrected chi connectivity index (χ3v) is 8.91. The zero-order chi connectivity index (χ0) is 27.4. The highest BCUT2D eigenvalue weighted by Gasteiger charge is 2.28. The van der Waals surface area contributed by atoms with Crippen LogP contribution in [0.2, 0.25) is 0 Å². The molecule has 1 aromatic carbocycles. The van der Waals surface area contributed by atoms with E-state index in [1.807, 2.05) is 6.92 Å².